The number of benzene rings is 2. The molecule has 2 N–H and O–H groups in total. The Hall–Kier alpha value is -4.57. The Bertz CT molecular complexity index is 1580. The average Bonchev–Trinajstić information content (AvgIpc) is 3.36. The number of carbonyl (C=O) groups excluding carboxylic acids is 2. The van der Waals surface area contributed by atoms with Crippen molar-refractivity contribution in [3.63, 3.8) is 0 Å². The number of hydrogen-bond acceptors (Lipinski definition) is 6. The van der Waals surface area contributed by atoms with Gasteiger partial charge in [0.2, 0.25) is 0 Å². The van der Waals surface area contributed by atoms with Gasteiger partial charge in [-0.15, -0.1) is 0 Å². The van der Waals surface area contributed by atoms with Crippen molar-refractivity contribution in [3.05, 3.63) is 82.3 Å². The minimum atomic E-state index is -4.70. The maximum absolute atomic E-state index is 14.6. The van der Waals surface area contributed by atoms with Crippen LogP contribution in [0, 0.1) is 23.0 Å². The first-order valence-corrected chi connectivity index (χ1v) is 13.4. The number of aliphatic imine (C=N–C) groups is 1. The molecule has 2 aliphatic heterocycles. The normalized spacial score (nSPS) is 19.6. The molecule has 0 aliphatic carbocycles. The average molecular weight is 602 g/mol. The van der Waals surface area contributed by atoms with Gasteiger partial charge in [-0.1, -0.05) is 19.1 Å². The van der Waals surface area contributed by atoms with Gasteiger partial charge in [0.25, 0.3) is 11.8 Å². The predicted octanol–water partition coefficient (Wildman–Crippen LogP) is 6.28. The summed E-state index contributed by atoms with van der Waals surface area (Å²) in [6.45, 7) is 3.12. The SMILES string of the molecule is CC/C(=C\N=CCC#N)c1cc(C(F)(F)F)ccc1NC(=O)C1=C(O)C2(C)CCCN2N(Cc2cccc(F)c2F)C1=O. The lowest BCUT2D eigenvalue weighted by Gasteiger charge is -2.46. The molecule has 2 aliphatic rings. The molecule has 0 saturated carbocycles. The zero-order chi connectivity index (χ0) is 31.5. The molecule has 2 amide bonds. The molecule has 2 aromatic carbocycles. The van der Waals surface area contributed by atoms with Gasteiger partial charge in [-0.3, -0.25) is 19.6 Å². The van der Waals surface area contributed by atoms with E-state index in [1.807, 2.05) is 6.07 Å². The fourth-order valence-electron chi connectivity index (χ4n) is 5.25. The van der Waals surface area contributed by atoms with Gasteiger partial charge < -0.3 is 10.4 Å². The molecule has 0 radical (unpaired) electrons. The van der Waals surface area contributed by atoms with Crippen molar-refractivity contribution in [3.8, 4) is 6.07 Å². The number of carbonyl (C=O) groups is 2. The number of nitriles is 1. The monoisotopic (exact) mass is 601 g/mol. The summed E-state index contributed by atoms with van der Waals surface area (Å²) < 4.78 is 69.3. The number of aliphatic hydroxyl groups excluding tert-OH is 1. The number of fused-ring (bicyclic) bond motifs is 1. The molecule has 0 spiro atoms. The van der Waals surface area contributed by atoms with E-state index in [4.69, 9.17) is 5.26 Å². The first kappa shape index (κ1) is 31.4. The first-order chi connectivity index (χ1) is 20.3. The van der Waals surface area contributed by atoms with Crippen LogP contribution in [0.4, 0.5) is 27.6 Å². The molecule has 0 bridgehead atoms. The van der Waals surface area contributed by atoms with E-state index in [0.29, 0.717) is 18.4 Å². The summed E-state index contributed by atoms with van der Waals surface area (Å²) in [7, 11) is 0. The summed E-state index contributed by atoms with van der Waals surface area (Å²) >= 11 is 0. The minimum Gasteiger partial charge on any atom is -0.509 e. The summed E-state index contributed by atoms with van der Waals surface area (Å²) in [5.41, 5.74) is -2.86. The van der Waals surface area contributed by atoms with Crippen LogP contribution in [0.15, 0.2) is 58.9 Å². The lowest BCUT2D eigenvalue weighted by atomic mass is 9.90. The van der Waals surface area contributed by atoms with Crippen LogP contribution in [0.1, 0.15) is 56.2 Å². The highest BCUT2D eigenvalue weighted by atomic mass is 19.4. The molecule has 2 heterocycles. The second kappa shape index (κ2) is 12.3. The summed E-state index contributed by atoms with van der Waals surface area (Å²) in [5, 5.41) is 25.0. The van der Waals surface area contributed by atoms with Gasteiger partial charge in [0, 0.05) is 35.8 Å². The fraction of sp³-hybridized carbons (Fsp3) is 0.333. The summed E-state index contributed by atoms with van der Waals surface area (Å²) in [6, 6.07) is 8.00. The summed E-state index contributed by atoms with van der Waals surface area (Å²) in [5.74, 6) is -4.90. The molecular weight excluding hydrogens is 573 g/mol. The first-order valence-electron chi connectivity index (χ1n) is 13.4. The second-order valence-electron chi connectivity index (χ2n) is 10.2. The Balaban J connectivity index is 1.76. The zero-order valence-corrected chi connectivity index (χ0v) is 23.3. The van der Waals surface area contributed by atoms with Crippen LogP contribution in [0.2, 0.25) is 0 Å². The number of hydrogen-bond donors (Lipinski definition) is 2. The third kappa shape index (κ3) is 6.15. The van der Waals surface area contributed by atoms with Crippen LogP contribution < -0.4 is 5.32 Å². The van der Waals surface area contributed by atoms with Crippen molar-refractivity contribution >= 4 is 29.3 Å². The Kier molecular flexibility index (Phi) is 9.01. The van der Waals surface area contributed by atoms with Gasteiger partial charge in [0.1, 0.15) is 11.3 Å². The topological polar surface area (TPSA) is 109 Å². The quantitative estimate of drug-likeness (QED) is 0.210. The van der Waals surface area contributed by atoms with Crippen LogP contribution >= 0.6 is 0 Å². The number of rotatable bonds is 8. The Morgan fingerprint density at radius 2 is 2.00 bits per heavy atom. The van der Waals surface area contributed by atoms with E-state index in [1.54, 1.807) is 13.8 Å². The van der Waals surface area contributed by atoms with Crippen LogP contribution in [0.5, 0.6) is 0 Å². The van der Waals surface area contributed by atoms with E-state index in [2.05, 4.69) is 10.3 Å². The van der Waals surface area contributed by atoms with E-state index in [-0.39, 0.29) is 36.2 Å². The van der Waals surface area contributed by atoms with E-state index < -0.39 is 58.6 Å². The molecule has 4 rings (SSSR count). The van der Waals surface area contributed by atoms with Gasteiger partial charge in [-0.25, -0.2) is 13.8 Å². The molecule has 8 nitrogen and oxygen atoms in total. The van der Waals surface area contributed by atoms with Crippen LogP contribution in [-0.4, -0.2) is 45.2 Å². The highest BCUT2D eigenvalue weighted by Gasteiger charge is 2.52. The van der Waals surface area contributed by atoms with Gasteiger partial charge in [-0.2, -0.15) is 18.4 Å². The third-order valence-corrected chi connectivity index (χ3v) is 7.51. The van der Waals surface area contributed by atoms with Crippen molar-refractivity contribution in [2.45, 2.75) is 57.8 Å². The smallest absolute Gasteiger partial charge is 0.416 e. The highest BCUT2D eigenvalue weighted by Crippen LogP contribution is 2.42. The number of amides is 2. The van der Waals surface area contributed by atoms with Gasteiger partial charge in [0.15, 0.2) is 11.6 Å². The zero-order valence-electron chi connectivity index (χ0n) is 23.3. The van der Waals surface area contributed by atoms with Crippen molar-refractivity contribution in [2.75, 3.05) is 11.9 Å². The number of hydrazine groups is 1. The van der Waals surface area contributed by atoms with E-state index >= 15 is 0 Å². The molecule has 1 atom stereocenters. The number of nitrogens with one attached hydrogen (secondary N) is 1. The van der Waals surface area contributed by atoms with E-state index in [1.165, 1.54) is 29.6 Å². The lowest BCUT2D eigenvalue weighted by molar-refractivity contribution is -0.160. The number of nitrogens with zero attached hydrogens (tertiary/aromatic N) is 4. The van der Waals surface area contributed by atoms with Crippen LogP contribution in [0.3, 0.4) is 0 Å². The number of allylic oxidation sites excluding steroid dienone is 1. The maximum Gasteiger partial charge on any atom is 0.416 e. The van der Waals surface area contributed by atoms with Crippen molar-refractivity contribution in [1.29, 1.82) is 5.26 Å². The third-order valence-electron chi connectivity index (χ3n) is 7.51. The molecule has 1 unspecified atom stereocenters. The van der Waals surface area contributed by atoms with Crippen molar-refractivity contribution in [2.24, 2.45) is 4.99 Å². The molecule has 2 aromatic rings. The molecule has 226 valence electrons. The van der Waals surface area contributed by atoms with E-state index in [0.717, 1.165) is 29.3 Å². The molecular formula is C30H28F5N5O3. The molecule has 1 saturated heterocycles. The standard InChI is InChI=1S/C30H28F5N5O3/c1-3-18(16-37-13-6-12-36)21-15-20(30(33,34)35)9-10-23(21)38-27(42)24-26(41)29(2)11-5-14-40(29)39(28(24)43)17-19-7-4-8-22(31)25(19)32/h4,7-10,13,15-16,41H,3,5-6,11,14,17H2,1-2H3,(H,38,42)/b18-16+,37-13?. The molecule has 43 heavy (non-hydrogen) atoms. The molecule has 13 heteroatoms. The Morgan fingerprint density at radius 3 is 2.67 bits per heavy atom. The highest BCUT2D eigenvalue weighted by molar-refractivity contribution is 6.24. The largest absolute Gasteiger partial charge is 0.509 e. The second-order valence-corrected chi connectivity index (χ2v) is 10.2. The molecule has 0 aromatic heterocycles. The van der Waals surface area contributed by atoms with Gasteiger partial charge in [-0.05, 0) is 56.0 Å². The number of halogens is 5. The summed E-state index contributed by atoms with van der Waals surface area (Å²) in [6.07, 6.45) is -1.13. The predicted molar refractivity (Wildman–Crippen MR) is 148 cm³/mol. The van der Waals surface area contributed by atoms with Crippen LogP contribution in [0.25, 0.3) is 5.57 Å². The van der Waals surface area contributed by atoms with E-state index in [9.17, 15) is 36.6 Å². The van der Waals surface area contributed by atoms with Crippen molar-refractivity contribution in [1.82, 2.24) is 10.0 Å². The van der Waals surface area contributed by atoms with Gasteiger partial charge >= 0.3 is 6.18 Å². The van der Waals surface area contributed by atoms with Crippen molar-refractivity contribution < 1.29 is 36.6 Å². The number of alkyl halides is 3. The fourth-order valence-corrected chi connectivity index (χ4v) is 5.25. The molecule has 1 fully saturated rings. The Labute approximate surface area is 244 Å². The number of aliphatic hydroxyl groups is 1. The Morgan fingerprint density at radius 1 is 1.26 bits per heavy atom. The van der Waals surface area contributed by atoms with Gasteiger partial charge in [0.05, 0.1) is 30.1 Å². The summed E-state index contributed by atoms with van der Waals surface area (Å²) in [4.78, 5) is 31.3. The lowest BCUT2D eigenvalue weighted by Crippen LogP contribution is -2.60. The maximum atomic E-state index is 14.6. The number of anilines is 1. The van der Waals surface area contributed by atoms with Crippen LogP contribution in [-0.2, 0) is 22.3 Å². The minimum absolute atomic E-state index is 0.0268.